The number of anilines is 1. The highest BCUT2D eigenvalue weighted by atomic mass is 79.9. The van der Waals surface area contributed by atoms with Crippen LogP contribution >= 0.6 is 15.9 Å². The second-order valence-electron chi connectivity index (χ2n) is 5.97. The molecular formula is C18H12BrF2N3O2. The molecule has 1 unspecified atom stereocenters. The number of aromatic nitrogens is 2. The van der Waals surface area contributed by atoms with E-state index in [0.717, 1.165) is 22.2 Å². The Morgan fingerprint density at radius 2 is 2.00 bits per heavy atom. The van der Waals surface area contributed by atoms with Gasteiger partial charge in [0.05, 0.1) is 5.92 Å². The summed E-state index contributed by atoms with van der Waals surface area (Å²) in [6.45, 7) is 0.268. The van der Waals surface area contributed by atoms with Crippen LogP contribution in [0.15, 0.2) is 51.5 Å². The summed E-state index contributed by atoms with van der Waals surface area (Å²) in [5, 5.41) is 3.97. The molecule has 2 aromatic carbocycles. The molecule has 8 heteroatoms. The van der Waals surface area contributed by atoms with Crippen molar-refractivity contribution in [3.63, 3.8) is 0 Å². The van der Waals surface area contributed by atoms with Crippen LogP contribution in [0.4, 0.5) is 14.5 Å². The van der Waals surface area contributed by atoms with Gasteiger partial charge in [-0.25, -0.2) is 8.78 Å². The van der Waals surface area contributed by atoms with Gasteiger partial charge in [-0.2, -0.15) is 4.98 Å². The number of nitrogens with zero attached hydrogens (tertiary/aromatic N) is 3. The Balaban J connectivity index is 1.56. The predicted octanol–water partition coefficient (Wildman–Crippen LogP) is 4.30. The number of rotatable bonds is 3. The molecular weight excluding hydrogens is 408 g/mol. The zero-order valence-electron chi connectivity index (χ0n) is 13.3. The van der Waals surface area contributed by atoms with Gasteiger partial charge in [-0.1, -0.05) is 33.2 Å². The lowest BCUT2D eigenvalue weighted by Crippen LogP contribution is -2.24. The first kappa shape index (κ1) is 16.8. The molecule has 3 aromatic rings. The molecule has 1 aliphatic heterocycles. The quantitative estimate of drug-likeness (QED) is 0.634. The molecule has 5 nitrogen and oxygen atoms in total. The highest BCUT2D eigenvalue weighted by Crippen LogP contribution is 2.32. The minimum Gasteiger partial charge on any atom is -0.339 e. The minimum atomic E-state index is -0.992. The first-order chi connectivity index (χ1) is 12.5. The van der Waals surface area contributed by atoms with E-state index in [9.17, 15) is 13.6 Å². The second kappa shape index (κ2) is 6.60. The number of amides is 1. The monoisotopic (exact) mass is 419 g/mol. The molecule has 26 heavy (non-hydrogen) atoms. The van der Waals surface area contributed by atoms with Gasteiger partial charge in [-0.05, 0) is 24.3 Å². The first-order valence-electron chi connectivity index (χ1n) is 7.86. The third-order valence-electron chi connectivity index (χ3n) is 4.21. The summed E-state index contributed by atoms with van der Waals surface area (Å²) < 4.78 is 32.8. The lowest BCUT2D eigenvalue weighted by molar-refractivity contribution is -0.117. The van der Waals surface area contributed by atoms with Crippen LogP contribution in [0.3, 0.4) is 0 Å². The molecule has 1 aliphatic rings. The van der Waals surface area contributed by atoms with Crippen LogP contribution in [0.5, 0.6) is 0 Å². The highest BCUT2D eigenvalue weighted by molar-refractivity contribution is 9.10. The Morgan fingerprint density at radius 1 is 1.15 bits per heavy atom. The van der Waals surface area contributed by atoms with E-state index in [0.29, 0.717) is 17.4 Å². The van der Waals surface area contributed by atoms with E-state index >= 15 is 0 Å². The van der Waals surface area contributed by atoms with Crippen LogP contribution in [0.25, 0.3) is 11.4 Å². The summed E-state index contributed by atoms with van der Waals surface area (Å²) in [6.07, 6.45) is 0.166. The van der Waals surface area contributed by atoms with E-state index in [2.05, 4.69) is 26.1 Å². The Labute approximate surface area is 155 Å². The standard InChI is InChI=1S/C18H12BrF2N3O2/c19-12-3-1-2-10(6-12)17-22-18(26-23-17)11-7-16(25)24(9-11)13-4-5-14(20)15(21)8-13/h1-6,8,11H,7,9H2. The van der Waals surface area contributed by atoms with E-state index < -0.39 is 11.6 Å². The predicted molar refractivity (Wildman–Crippen MR) is 93.5 cm³/mol. The second-order valence-corrected chi connectivity index (χ2v) is 6.89. The number of carbonyl (C=O) groups is 1. The Bertz CT molecular complexity index is 992. The molecule has 1 fully saturated rings. The van der Waals surface area contributed by atoms with E-state index in [1.165, 1.54) is 11.0 Å². The molecule has 0 radical (unpaired) electrons. The van der Waals surface area contributed by atoms with Crippen molar-refractivity contribution in [2.24, 2.45) is 0 Å². The maximum atomic E-state index is 13.4. The van der Waals surface area contributed by atoms with Crippen LogP contribution < -0.4 is 4.90 Å². The fourth-order valence-corrected chi connectivity index (χ4v) is 3.32. The Morgan fingerprint density at radius 3 is 2.77 bits per heavy atom. The van der Waals surface area contributed by atoms with Gasteiger partial charge in [-0.3, -0.25) is 4.79 Å². The molecule has 1 amide bonds. The smallest absolute Gasteiger partial charge is 0.232 e. The van der Waals surface area contributed by atoms with Gasteiger partial charge in [-0.15, -0.1) is 0 Å². The van der Waals surface area contributed by atoms with Crippen molar-refractivity contribution in [3.8, 4) is 11.4 Å². The van der Waals surface area contributed by atoms with Gasteiger partial charge in [0.1, 0.15) is 0 Å². The molecule has 0 spiro atoms. The van der Waals surface area contributed by atoms with Gasteiger partial charge in [0.2, 0.25) is 17.6 Å². The van der Waals surface area contributed by atoms with Crippen molar-refractivity contribution in [2.45, 2.75) is 12.3 Å². The zero-order valence-corrected chi connectivity index (χ0v) is 14.9. The number of halogens is 3. The van der Waals surface area contributed by atoms with Gasteiger partial charge in [0.25, 0.3) is 0 Å². The third kappa shape index (κ3) is 3.12. The largest absolute Gasteiger partial charge is 0.339 e. The summed E-state index contributed by atoms with van der Waals surface area (Å²) in [5.74, 6) is -1.67. The number of benzene rings is 2. The summed E-state index contributed by atoms with van der Waals surface area (Å²) in [5.41, 5.74) is 1.10. The van der Waals surface area contributed by atoms with Gasteiger partial charge < -0.3 is 9.42 Å². The maximum Gasteiger partial charge on any atom is 0.232 e. The Hall–Kier alpha value is -2.61. The fraction of sp³-hybridized carbons (Fsp3) is 0.167. The van der Waals surface area contributed by atoms with Crippen molar-refractivity contribution < 1.29 is 18.1 Å². The Kier molecular flexibility index (Phi) is 4.28. The molecule has 0 saturated carbocycles. The highest BCUT2D eigenvalue weighted by Gasteiger charge is 2.35. The van der Waals surface area contributed by atoms with Crippen molar-refractivity contribution in [1.82, 2.24) is 10.1 Å². The number of hydrogen-bond donors (Lipinski definition) is 0. The van der Waals surface area contributed by atoms with E-state index in [4.69, 9.17) is 4.52 Å². The van der Waals surface area contributed by atoms with Gasteiger partial charge in [0.15, 0.2) is 11.6 Å². The average Bonchev–Trinajstić information content (AvgIpc) is 3.24. The lowest BCUT2D eigenvalue weighted by atomic mass is 10.1. The van der Waals surface area contributed by atoms with Crippen molar-refractivity contribution in [1.29, 1.82) is 0 Å². The third-order valence-corrected chi connectivity index (χ3v) is 4.71. The maximum absolute atomic E-state index is 13.4. The van der Waals surface area contributed by atoms with Crippen LogP contribution in [-0.2, 0) is 4.79 Å². The van der Waals surface area contributed by atoms with Crippen LogP contribution in [0.2, 0.25) is 0 Å². The molecule has 1 atom stereocenters. The molecule has 0 bridgehead atoms. The number of hydrogen-bond acceptors (Lipinski definition) is 4. The van der Waals surface area contributed by atoms with Crippen LogP contribution in [-0.4, -0.2) is 22.6 Å². The minimum absolute atomic E-state index is 0.166. The summed E-state index contributed by atoms with van der Waals surface area (Å²) >= 11 is 3.39. The summed E-state index contributed by atoms with van der Waals surface area (Å²) in [4.78, 5) is 18.1. The van der Waals surface area contributed by atoms with Crippen LogP contribution in [0.1, 0.15) is 18.2 Å². The molecule has 1 aromatic heterocycles. The molecule has 132 valence electrons. The molecule has 2 heterocycles. The summed E-state index contributed by atoms with van der Waals surface area (Å²) in [6, 6.07) is 10.9. The van der Waals surface area contributed by atoms with E-state index in [1.807, 2.05) is 24.3 Å². The first-order valence-corrected chi connectivity index (χ1v) is 8.65. The molecule has 1 saturated heterocycles. The van der Waals surface area contributed by atoms with Crippen LogP contribution in [0, 0.1) is 11.6 Å². The van der Waals surface area contributed by atoms with E-state index in [1.54, 1.807) is 0 Å². The molecule has 0 aliphatic carbocycles. The van der Waals surface area contributed by atoms with E-state index in [-0.39, 0.29) is 24.8 Å². The zero-order chi connectivity index (χ0) is 18.3. The fourth-order valence-electron chi connectivity index (χ4n) is 2.92. The van der Waals surface area contributed by atoms with Crippen molar-refractivity contribution in [2.75, 3.05) is 11.4 Å². The molecule has 4 rings (SSSR count). The van der Waals surface area contributed by atoms with Crippen molar-refractivity contribution in [3.05, 3.63) is 64.5 Å². The summed E-state index contributed by atoms with van der Waals surface area (Å²) in [7, 11) is 0. The lowest BCUT2D eigenvalue weighted by Gasteiger charge is -2.16. The topological polar surface area (TPSA) is 59.2 Å². The van der Waals surface area contributed by atoms with Gasteiger partial charge >= 0.3 is 0 Å². The SMILES string of the molecule is O=C1CC(c2nc(-c3cccc(Br)c3)no2)CN1c1ccc(F)c(F)c1. The normalized spacial score (nSPS) is 17.1. The number of carbonyl (C=O) groups excluding carboxylic acids is 1. The van der Waals surface area contributed by atoms with Gasteiger partial charge in [0, 0.05) is 34.8 Å². The average molecular weight is 420 g/mol. The van der Waals surface area contributed by atoms with Crippen molar-refractivity contribution >= 4 is 27.5 Å². The molecule has 0 N–H and O–H groups in total.